The minimum Gasteiger partial charge on any atom is -0.334 e. The van der Waals surface area contributed by atoms with E-state index in [1.807, 2.05) is 4.90 Å². The van der Waals surface area contributed by atoms with Crippen LogP contribution in [0, 0.1) is 0 Å². The Hall–Kier alpha value is -1.03. The first-order valence-electron chi connectivity index (χ1n) is 6.21. The number of nitrogens with zero attached hydrogens (tertiary/aromatic N) is 3. The maximum absolute atomic E-state index is 11.6. The van der Waals surface area contributed by atoms with Crippen LogP contribution in [0.1, 0.15) is 29.8 Å². The van der Waals surface area contributed by atoms with Crippen molar-refractivity contribution in [2.75, 3.05) is 12.4 Å². The highest BCUT2D eigenvalue weighted by Crippen LogP contribution is 2.27. The SMILES string of the molecule is O=C(CCl)N1CCn2nc3c(c2C1)CCCC3. The number of carbonyl (C=O) groups excluding carboxylic acids is 1. The van der Waals surface area contributed by atoms with Gasteiger partial charge in [0.05, 0.1) is 24.5 Å². The molecule has 0 aromatic carbocycles. The van der Waals surface area contributed by atoms with Crippen LogP contribution in [0.3, 0.4) is 0 Å². The van der Waals surface area contributed by atoms with Gasteiger partial charge in [0, 0.05) is 6.54 Å². The molecule has 92 valence electrons. The van der Waals surface area contributed by atoms with Crippen LogP contribution in [0.15, 0.2) is 0 Å². The van der Waals surface area contributed by atoms with Crippen molar-refractivity contribution in [3.8, 4) is 0 Å². The second kappa shape index (κ2) is 4.33. The van der Waals surface area contributed by atoms with Gasteiger partial charge >= 0.3 is 0 Å². The zero-order valence-corrected chi connectivity index (χ0v) is 10.5. The molecule has 1 aromatic heterocycles. The lowest BCUT2D eigenvalue weighted by molar-refractivity contribution is -0.129. The van der Waals surface area contributed by atoms with Crippen LogP contribution in [0.25, 0.3) is 0 Å². The largest absolute Gasteiger partial charge is 0.334 e. The van der Waals surface area contributed by atoms with Crippen molar-refractivity contribution in [1.29, 1.82) is 0 Å². The molecule has 4 nitrogen and oxygen atoms in total. The number of hydrogen-bond acceptors (Lipinski definition) is 2. The molecule has 2 heterocycles. The number of rotatable bonds is 1. The highest BCUT2D eigenvalue weighted by molar-refractivity contribution is 6.27. The monoisotopic (exact) mass is 253 g/mol. The number of carbonyl (C=O) groups is 1. The van der Waals surface area contributed by atoms with E-state index in [9.17, 15) is 4.79 Å². The van der Waals surface area contributed by atoms with Crippen molar-refractivity contribution in [2.45, 2.75) is 38.8 Å². The van der Waals surface area contributed by atoms with E-state index in [0.29, 0.717) is 6.54 Å². The molecule has 1 aliphatic carbocycles. The van der Waals surface area contributed by atoms with E-state index in [4.69, 9.17) is 11.6 Å². The quantitative estimate of drug-likeness (QED) is 0.709. The number of hydrogen-bond donors (Lipinski definition) is 0. The number of halogens is 1. The maximum Gasteiger partial charge on any atom is 0.237 e. The highest BCUT2D eigenvalue weighted by atomic mass is 35.5. The standard InChI is InChI=1S/C12H16ClN3O/c13-7-12(17)15-5-6-16-11(8-15)9-3-1-2-4-10(9)14-16/h1-8H2. The van der Waals surface area contributed by atoms with Crippen molar-refractivity contribution in [3.63, 3.8) is 0 Å². The normalized spacial score (nSPS) is 18.8. The third-order valence-corrected chi connectivity index (χ3v) is 3.96. The average Bonchev–Trinajstić information content (AvgIpc) is 2.75. The molecule has 2 aliphatic rings. The van der Waals surface area contributed by atoms with E-state index < -0.39 is 0 Å². The zero-order valence-electron chi connectivity index (χ0n) is 9.78. The third-order valence-electron chi connectivity index (χ3n) is 3.73. The minimum atomic E-state index is 0.0312. The first-order chi connectivity index (χ1) is 8.29. The number of fused-ring (bicyclic) bond motifs is 3. The molecule has 1 aliphatic heterocycles. The Labute approximate surface area is 106 Å². The van der Waals surface area contributed by atoms with Gasteiger partial charge in [0.2, 0.25) is 5.91 Å². The summed E-state index contributed by atoms with van der Waals surface area (Å²) in [5.41, 5.74) is 3.89. The summed E-state index contributed by atoms with van der Waals surface area (Å²) in [5, 5.41) is 4.66. The fourth-order valence-electron chi connectivity index (χ4n) is 2.81. The van der Waals surface area contributed by atoms with Crippen LogP contribution in [0.4, 0.5) is 0 Å². The van der Waals surface area contributed by atoms with Crippen LogP contribution in [0.2, 0.25) is 0 Å². The lowest BCUT2D eigenvalue weighted by atomic mass is 9.95. The summed E-state index contributed by atoms with van der Waals surface area (Å²) in [5.74, 6) is 0.111. The van der Waals surface area contributed by atoms with Gasteiger partial charge in [-0.2, -0.15) is 5.10 Å². The van der Waals surface area contributed by atoms with Gasteiger partial charge in [0.25, 0.3) is 0 Å². The van der Waals surface area contributed by atoms with E-state index in [-0.39, 0.29) is 11.8 Å². The van der Waals surface area contributed by atoms with Crippen LogP contribution < -0.4 is 0 Å². The number of aryl methyl sites for hydroxylation is 1. The van der Waals surface area contributed by atoms with Crippen molar-refractivity contribution in [1.82, 2.24) is 14.7 Å². The van der Waals surface area contributed by atoms with E-state index in [1.165, 1.54) is 29.8 Å². The molecule has 0 bridgehead atoms. The first kappa shape index (κ1) is 11.1. The summed E-state index contributed by atoms with van der Waals surface area (Å²) in [4.78, 5) is 13.5. The Bertz CT molecular complexity index is 455. The van der Waals surface area contributed by atoms with E-state index in [0.717, 1.165) is 25.9 Å². The zero-order chi connectivity index (χ0) is 11.8. The summed E-state index contributed by atoms with van der Waals surface area (Å²) in [6, 6.07) is 0. The lowest BCUT2D eigenvalue weighted by Crippen LogP contribution is -2.39. The Morgan fingerprint density at radius 2 is 2.12 bits per heavy atom. The van der Waals surface area contributed by atoms with Crippen LogP contribution in [0.5, 0.6) is 0 Å². The van der Waals surface area contributed by atoms with Gasteiger partial charge < -0.3 is 4.90 Å². The predicted molar refractivity (Wildman–Crippen MR) is 65.0 cm³/mol. The number of alkyl halides is 1. The summed E-state index contributed by atoms with van der Waals surface area (Å²) in [7, 11) is 0. The Kier molecular flexibility index (Phi) is 2.82. The molecule has 17 heavy (non-hydrogen) atoms. The molecule has 1 aromatic rings. The van der Waals surface area contributed by atoms with E-state index in [2.05, 4.69) is 9.78 Å². The molecule has 0 fully saturated rings. The van der Waals surface area contributed by atoms with E-state index in [1.54, 1.807) is 0 Å². The molecule has 3 rings (SSSR count). The van der Waals surface area contributed by atoms with Crippen molar-refractivity contribution < 1.29 is 4.79 Å². The summed E-state index contributed by atoms with van der Waals surface area (Å²) >= 11 is 5.62. The van der Waals surface area contributed by atoms with Gasteiger partial charge in [0.15, 0.2) is 0 Å². The van der Waals surface area contributed by atoms with Crippen LogP contribution >= 0.6 is 11.6 Å². The molecule has 0 unspecified atom stereocenters. The molecule has 0 saturated heterocycles. The average molecular weight is 254 g/mol. The Morgan fingerprint density at radius 1 is 1.29 bits per heavy atom. The van der Waals surface area contributed by atoms with Gasteiger partial charge in [-0.1, -0.05) is 0 Å². The smallest absolute Gasteiger partial charge is 0.237 e. The number of amides is 1. The van der Waals surface area contributed by atoms with Gasteiger partial charge in [-0.3, -0.25) is 9.48 Å². The third kappa shape index (κ3) is 1.84. The molecule has 0 saturated carbocycles. The van der Waals surface area contributed by atoms with Gasteiger partial charge in [0.1, 0.15) is 5.88 Å². The second-order valence-electron chi connectivity index (χ2n) is 4.75. The molecule has 0 radical (unpaired) electrons. The summed E-state index contributed by atoms with van der Waals surface area (Å²) < 4.78 is 2.09. The maximum atomic E-state index is 11.6. The topological polar surface area (TPSA) is 38.1 Å². The number of aromatic nitrogens is 2. The first-order valence-corrected chi connectivity index (χ1v) is 6.74. The van der Waals surface area contributed by atoms with Crippen molar-refractivity contribution in [3.05, 3.63) is 17.0 Å². The van der Waals surface area contributed by atoms with Crippen LogP contribution in [-0.4, -0.2) is 33.0 Å². The minimum absolute atomic E-state index is 0.0312. The molecule has 0 atom stereocenters. The van der Waals surface area contributed by atoms with Crippen LogP contribution in [-0.2, 0) is 30.7 Å². The van der Waals surface area contributed by atoms with Gasteiger partial charge in [-0.05, 0) is 31.2 Å². The molecule has 1 amide bonds. The predicted octanol–water partition coefficient (Wildman–Crippen LogP) is 1.34. The van der Waals surface area contributed by atoms with Crippen molar-refractivity contribution >= 4 is 17.5 Å². The Morgan fingerprint density at radius 3 is 2.94 bits per heavy atom. The van der Waals surface area contributed by atoms with Gasteiger partial charge in [-0.25, -0.2) is 0 Å². The Balaban J connectivity index is 1.90. The summed E-state index contributed by atoms with van der Waals surface area (Å²) in [6.07, 6.45) is 4.70. The van der Waals surface area contributed by atoms with Crippen molar-refractivity contribution in [2.24, 2.45) is 0 Å². The molecule has 0 N–H and O–H groups in total. The molecule has 0 spiro atoms. The fourth-order valence-corrected chi connectivity index (χ4v) is 2.98. The van der Waals surface area contributed by atoms with Gasteiger partial charge in [-0.15, -0.1) is 11.6 Å². The molecular weight excluding hydrogens is 238 g/mol. The lowest BCUT2D eigenvalue weighted by Gasteiger charge is -2.28. The highest BCUT2D eigenvalue weighted by Gasteiger charge is 2.26. The summed E-state index contributed by atoms with van der Waals surface area (Å²) in [6.45, 7) is 2.23. The molecule has 5 heteroatoms. The fraction of sp³-hybridized carbons (Fsp3) is 0.667. The van der Waals surface area contributed by atoms with E-state index >= 15 is 0 Å². The molecular formula is C12H16ClN3O. The second-order valence-corrected chi connectivity index (χ2v) is 5.02.